The number of aryl methyl sites for hydroxylation is 1. The lowest BCUT2D eigenvalue weighted by Gasteiger charge is -2.28. The van der Waals surface area contributed by atoms with Crippen molar-refractivity contribution in [1.82, 2.24) is 34.6 Å². The zero-order valence-corrected chi connectivity index (χ0v) is 18.9. The molecule has 0 aliphatic carbocycles. The maximum Gasteiger partial charge on any atom is 0.254 e. The molecule has 5 heterocycles. The molecule has 2 fully saturated rings. The van der Waals surface area contributed by atoms with Crippen molar-refractivity contribution in [3.63, 3.8) is 0 Å². The largest absolute Gasteiger partial charge is 0.378 e. The molecule has 2 aliphatic heterocycles. The molecular formula is C24H28N8O. The molecule has 9 nitrogen and oxygen atoms in total. The third-order valence-electron chi connectivity index (χ3n) is 6.36. The van der Waals surface area contributed by atoms with Crippen LogP contribution in [0.2, 0.25) is 0 Å². The second-order valence-corrected chi connectivity index (χ2v) is 8.83. The number of nitrogens with zero attached hydrogens (tertiary/aromatic N) is 7. The van der Waals surface area contributed by atoms with Crippen LogP contribution in [-0.2, 0) is 11.3 Å². The van der Waals surface area contributed by atoms with Gasteiger partial charge >= 0.3 is 0 Å². The van der Waals surface area contributed by atoms with Crippen LogP contribution in [0.4, 0.5) is 5.82 Å². The van der Waals surface area contributed by atoms with E-state index >= 15 is 0 Å². The molecule has 0 saturated carbocycles. The van der Waals surface area contributed by atoms with E-state index in [1.165, 1.54) is 18.4 Å². The number of anilines is 1. The highest BCUT2D eigenvalue weighted by atomic mass is 16.5. The third kappa shape index (κ3) is 4.09. The number of ether oxygens (including phenoxy) is 1. The van der Waals surface area contributed by atoms with Gasteiger partial charge < -0.3 is 14.6 Å². The van der Waals surface area contributed by atoms with E-state index in [1.807, 2.05) is 18.3 Å². The number of rotatable bonds is 5. The van der Waals surface area contributed by atoms with Crippen molar-refractivity contribution in [3.8, 4) is 17.2 Å². The molecule has 6 rings (SSSR count). The van der Waals surface area contributed by atoms with Crippen LogP contribution in [0, 0.1) is 6.92 Å². The highest BCUT2D eigenvalue weighted by Gasteiger charge is 2.22. The van der Waals surface area contributed by atoms with Gasteiger partial charge in [-0.25, -0.2) is 9.67 Å². The molecule has 1 N–H and O–H groups in total. The number of aromatic nitrogens is 6. The SMILES string of the molecule is Cc1cccc(-c2ccn(-c3nc(N4CCOCC4)c4[nH]c(CN5CCCC5)nc4n3)n2)c1. The third-order valence-corrected chi connectivity index (χ3v) is 6.36. The summed E-state index contributed by atoms with van der Waals surface area (Å²) in [6.45, 7) is 8.11. The number of imidazole rings is 1. The Bertz CT molecular complexity index is 1270. The molecule has 2 saturated heterocycles. The Balaban J connectivity index is 1.40. The molecular weight excluding hydrogens is 416 g/mol. The van der Waals surface area contributed by atoms with Crippen molar-refractivity contribution < 1.29 is 4.74 Å². The van der Waals surface area contributed by atoms with E-state index in [2.05, 4.69) is 39.9 Å². The van der Waals surface area contributed by atoms with E-state index < -0.39 is 0 Å². The lowest BCUT2D eigenvalue weighted by Crippen LogP contribution is -2.37. The van der Waals surface area contributed by atoms with Gasteiger partial charge in [0.15, 0.2) is 11.5 Å². The van der Waals surface area contributed by atoms with Gasteiger partial charge in [-0.2, -0.15) is 15.1 Å². The molecule has 170 valence electrons. The maximum atomic E-state index is 5.57. The minimum Gasteiger partial charge on any atom is -0.378 e. The lowest BCUT2D eigenvalue weighted by molar-refractivity contribution is 0.122. The number of aromatic amines is 1. The molecule has 4 aromatic rings. The fourth-order valence-corrected chi connectivity index (χ4v) is 4.65. The summed E-state index contributed by atoms with van der Waals surface area (Å²) >= 11 is 0. The number of hydrogen-bond donors (Lipinski definition) is 1. The fourth-order valence-electron chi connectivity index (χ4n) is 4.65. The Hall–Kier alpha value is -3.30. The van der Waals surface area contributed by atoms with Crippen LogP contribution in [-0.4, -0.2) is 74.0 Å². The first-order valence-electron chi connectivity index (χ1n) is 11.7. The van der Waals surface area contributed by atoms with Gasteiger partial charge in [0.25, 0.3) is 5.95 Å². The second kappa shape index (κ2) is 8.57. The lowest BCUT2D eigenvalue weighted by atomic mass is 10.1. The Morgan fingerprint density at radius 2 is 1.85 bits per heavy atom. The van der Waals surface area contributed by atoms with Gasteiger partial charge in [-0.05, 0) is 45.0 Å². The van der Waals surface area contributed by atoms with Gasteiger partial charge in [-0.15, -0.1) is 0 Å². The molecule has 2 aliphatic rings. The van der Waals surface area contributed by atoms with Crippen molar-refractivity contribution in [2.24, 2.45) is 0 Å². The molecule has 0 spiro atoms. The van der Waals surface area contributed by atoms with Gasteiger partial charge in [0, 0.05) is 24.8 Å². The topological polar surface area (TPSA) is 88.0 Å². The van der Waals surface area contributed by atoms with Gasteiger partial charge in [-0.1, -0.05) is 23.8 Å². The standard InChI is InChI=1S/C24H28N8O/c1-17-5-4-6-18(15-17)19-7-10-32(29-19)24-27-22-21(23(28-24)31-11-13-33-14-12-31)25-20(26-22)16-30-8-2-3-9-30/h4-7,10,15H,2-3,8-9,11-14,16H2,1H3,(H,25,26,27,28). The molecule has 0 radical (unpaired) electrons. The van der Waals surface area contributed by atoms with Gasteiger partial charge in [-0.3, -0.25) is 4.90 Å². The minimum atomic E-state index is 0.530. The average Bonchev–Trinajstić information content (AvgIpc) is 3.60. The number of fused-ring (bicyclic) bond motifs is 1. The zero-order valence-electron chi connectivity index (χ0n) is 18.9. The summed E-state index contributed by atoms with van der Waals surface area (Å²) in [5.41, 5.74) is 4.75. The van der Waals surface area contributed by atoms with Crippen LogP contribution < -0.4 is 4.90 Å². The predicted molar refractivity (Wildman–Crippen MR) is 127 cm³/mol. The summed E-state index contributed by atoms with van der Waals surface area (Å²) in [7, 11) is 0. The first kappa shape index (κ1) is 20.3. The van der Waals surface area contributed by atoms with Crippen LogP contribution in [0.15, 0.2) is 36.5 Å². The summed E-state index contributed by atoms with van der Waals surface area (Å²) < 4.78 is 7.31. The van der Waals surface area contributed by atoms with Crippen molar-refractivity contribution >= 4 is 17.0 Å². The van der Waals surface area contributed by atoms with Crippen LogP contribution in [0.3, 0.4) is 0 Å². The normalized spacial score (nSPS) is 17.3. The Kier molecular flexibility index (Phi) is 5.27. The first-order valence-corrected chi connectivity index (χ1v) is 11.7. The molecule has 1 aromatic carbocycles. The van der Waals surface area contributed by atoms with Gasteiger partial charge in [0.05, 0.1) is 25.5 Å². The van der Waals surface area contributed by atoms with Crippen LogP contribution in [0.25, 0.3) is 28.4 Å². The summed E-state index contributed by atoms with van der Waals surface area (Å²) in [6.07, 6.45) is 4.43. The number of likely N-dealkylation sites (tertiary alicyclic amines) is 1. The number of H-pyrrole nitrogens is 1. The molecule has 9 heteroatoms. The quantitative estimate of drug-likeness (QED) is 0.506. The van der Waals surface area contributed by atoms with Crippen molar-refractivity contribution in [1.29, 1.82) is 0 Å². The summed E-state index contributed by atoms with van der Waals surface area (Å²) in [4.78, 5) is 22.8. The highest BCUT2D eigenvalue weighted by Crippen LogP contribution is 2.26. The van der Waals surface area contributed by atoms with Crippen molar-refractivity contribution in [2.45, 2.75) is 26.3 Å². The van der Waals surface area contributed by atoms with Crippen LogP contribution >= 0.6 is 0 Å². The van der Waals surface area contributed by atoms with Crippen molar-refractivity contribution in [2.75, 3.05) is 44.3 Å². The first-order chi connectivity index (χ1) is 16.2. The van der Waals surface area contributed by atoms with E-state index in [9.17, 15) is 0 Å². The summed E-state index contributed by atoms with van der Waals surface area (Å²) in [6, 6.07) is 10.3. The predicted octanol–water partition coefficient (Wildman–Crippen LogP) is 2.95. The van der Waals surface area contributed by atoms with Crippen molar-refractivity contribution in [3.05, 3.63) is 47.9 Å². The second-order valence-electron chi connectivity index (χ2n) is 8.83. The molecule has 0 atom stereocenters. The Morgan fingerprint density at radius 3 is 2.67 bits per heavy atom. The van der Waals surface area contributed by atoms with Crippen LogP contribution in [0.1, 0.15) is 24.2 Å². The molecule has 0 amide bonds. The van der Waals surface area contributed by atoms with Gasteiger partial charge in [0.1, 0.15) is 11.3 Å². The number of nitrogens with one attached hydrogen (secondary N) is 1. The average molecular weight is 445 g/mol. The number of morpholine rings is 1. The van der Waals surface area contributed by atoms with E-state index in [0.29, 0.717) is 24.8 Å². The zero-order chi connectivity index (χ0) is 22.2. The maximum absolute atomic E-state index is 5.57. The van der Waals surface area contributed by atoms with E-state index in [4.69, 9.17) is 24.8 Å². The molecule has 33 heavy (non-hydrogen) atoms. The Morgan fingerprint density at radius 1 is 1.00 bits per heavy atom. The van der Waals surface area contributed by atoms with E-state index in [-0.39, 0.29) is 0 Å². The summed E-state index contributed by atoms with van der Waals surface area (Å²) in [5, 5.41) is 4.78. The van der Waals surface area contributed by atoms with E-state index in [0.717, 1.165) is 61.1 Å². The van der Waals surface area contributed by atoms with Gasteiger partial charge in [0.2, 0.25) is 0 Å². The van der Waals surface area contributed by atoms with Crippen LogP contribution in [0.5, 0.6) is 0 Å². The van der Waals surface area contributed by atoms with E-state index in [1.54, 1.807) is 4.68 Å². The molecule has 0 unspecified atom stereocenters. The smallest absolute Gasteiger partial charge is 0.254 e. The molecule has 0 bridgehead atoms. The highest BCUT2D eigenvalue weighted by molar-refractivity contribution is 5.84. The summed E-state index contributed by atoms with van der Waals surface area (Å²) in [5.74, 6) is 2.34. The fraction of sp³-hybridized carbons (Fsp3) is 0.417. The molecule has 3 aromatic heterocycles. The number of benzene rings is 1. The monoisotopic (exact) mass is 444 g/mol. The Labute approximate surface area is 192 Å². The number of hydrogen-bond acceptors (Lipinski definition) is 7. The minimum absolute atomic E-state index is 0.530.